The summed E-state index contributed by atoms with van der Waals surface area (Å²) in [5, 5.41) is 12.4. The fraction of sp³-hybridized carbons (Fsp3) is 0.438. The Labute approximate surface area is 133 Å². The van der Waals surface area contributed by atoms with Gasteiger partial charge in [-0.1, -0.05) is 6.08 Å². The van der Waals surface area contributed by atoms with Crippen molar-refractivity contribution in [2.24, 2.45) is 5.73 Å². The number of nitrogens with zero attached hydrogens (tertiary/aromatic N) is 2. The van der Waals surface area contributed by atoms with E-state index in [1.807, 2.05) is 6.20 Å². The second kappa shape index (κ2) is 5.06. The van der Waals surface area contributed by atoms with E-state index in [0.29, 0.717) is 6.42 Å². The molecule has 1 unspecified atom stereocenters. The highest BCUT2D eigenvalue weighted by Gasteiger charge is 2.43. The van der Waals surface area contributed by atoms with Gasteiger partial charge in [-0.15, -0.1) is 0 Å². The molecule has 0 radical (unpaired) electrons. The lowest BCUT2D eigenvalue weighted by molar-refractivity contribution is 0.189. The molecule has 1 fully saturated rings. The van der Waals surface area contributed by atoms with Crippen LogP contribution >= 0.6 is 0 Å². The quantitative estimate of drug-likeness (QED) is 0.692. The first-order chi connectivity index (χ1) is 11.1. The molecule has 0 aliphatic heterocycles. The predicted octanol–water partition coefficient (Wildman–Crippen LogP) is 2.11. The van der Waals surface area contributed by atoms with Crippen molar-refractivity contribution in [1.29, 1.82) is 0 Å². The highest BCUT2D eigenvalue weighted by Crippen LogP contribution is 2.45. The normalized spacial score (nSPS) is 22.7. The summed E-state index contributed by atoms with van der Waals surface area (Å²) in [5.41, 5.74) is 10.1. The Morgan fingerprint density at radius 2 is 2.26 bits per heavy atom. The summed E-state index contributed by atoms with van der Waals surface area (Å²) in [4.78, 5) is 22.7. The maximum Gasteiger partial charge on any atom is 0.404 e. The monoisotopic (exact) mass is 313 g/mol. The van der Waals surface area contributed by atoms with Crippen LogP contribution in [0.4, 0.5) is 4.79 Å². The molecule has 0 spiro atoms. The van der Waals surface area contributed by atoms with Crippen LogP contribution in [0.25, 0.3) is 16.6 Å². The van der Waals surface area contributed by atoms with E-state index in [4.69, 9.17) is 10.8 Å². The molecule has 0 bridgehead atoms. The summed E-state index contributed by atoms with van der Waals surface area (Å²) in [6, 6.07) is -0.0125. The van der Waals surface area contributed by atoms with Crippen molar-refractivity contribution in [2.75, 3.05) is 0 Å². The number of nitrogens with two attached hydrogens (primary N) is 1. The zero-order valence-electron chi connectivity index (χ0n) is 12.7. The van der Waals surface area contributed by atoms with Gasteiger partial charge >= 0.3 is 6.09 Å². The van der Waals surface area contributed by atoms with Gasteiger partial charge in [0.2, 0.25) is 0 Å². The van der Waals surface area contributed by atoms with Crippen molar-refractivity contribution >= 4 is 22.7 Å². The Bertz CT molecular complexity index is 806. The minimum absolute atomic E-state index is 0.0125. The lowest BCUT2D eigenvalue weighted by Crippen LogP contribution is -2.34. The van der Waals surface area contributed by atoms with Gasteiger partial charge in [0, 0.05) is 23.2 Å². The topological polar surface area (TPSA) is 117 Å². The van der Waals surface area contributed by atoms with E-state index >= 15 is 0 Å². The van der Waals surface area contributed by atoms with Gasteiger partial charge in [0.25, 0.3) is 0 Å². The van der Waals surface area contributed by atoms with E-state index < -0.39 is 6.09 Å². The van der Waals surface area contributed by atoms with Crippen molar-refractivity contribution in [3.05, 3.63) is 29.9 Å². The van der Waals surface area contributed by atoms with Gasteiger partial charge in [-0.3, -0.25) is 0 Å². The average Bonchev–Trinajstić information content (AvgIpc) is 3.13. The van der Waals surface area contributed by atoms with E-state index in [2.05, 4.69) is 26.3 Å². The third-order valence-corrected chi connectivity index (χ3v) is 4.81. The van der Waals surface area contributed by atoms with Crippen molar-refractivity contribution < 1.29 is 9.90 Å². The Hall–Kier alpha value is -2.41. The van der Waals surface area contributed by atoms with Gasteiger partial charge in [-0.05, 0) is 37.7 Å². The highest BCUT2D eigenvalue weighted by atomic mass is 16.4. The molecule has 2 aromatic rings. The number of fused-ring (bicyclic) bond motifs is 1. The standard InChI is InChI=1S/C16H19N5O2/c17-16(5-6-16)13-12-11(7-18-14(12)20-8-19-13)9-1-3-10(4-2-9)21-15(22)23/h1,7-8,10,21H,2-6,17H2,(H,22,23)(H,18,19,20). The smallest absolute Gasteiger partial charge is 0.404 e. The first-order valence-electron chi connectivity index (χ1n) is 7.87. The number of aromatic amines is 1. The number of rotatable bonds is 3. The highest BCUT2D eigenvalue weighted by molar-refractivity contribution is 5.93. The van der Waals surface area contributed by atoms with E-state index in [9.17, 15) is 4.79 Å². The summed E-state index contributed by atoms with van der Waals surface area (Å²) in [7, 11) is 0. The van der Waals surface area contributed by atoms with Crippen LogP contribution in [0, 0.1) is 0 Å². The molecular weight excluding hydrogens is 294 g/mol. The first-order valence-corrected chi connectivity index (χ1v) is 7.87. The van der Waals surface area contributed by atoms with Crippen LogP contribution in [0.15, 0.2) is 18.6 Å². The number of allylic oxidation sites excluding steroid dienone is 1. The van der Waals surface area contributed by atoms with Crippen molar-refractivity contribution in [1.82, 2.24) is 20.3 Å². The van der Waals surface area contributed by atoms with Crippen molar-refractivity contribution in [3.63, 3.8) is 0 Å². The van der Waals surface area contributed by atoms with Gasteiger partial charge in [-0.2, -0.15) is 0 Å². The van der Waals surface area contributed by atoms with Crippen molar-refractivity contribution in [2.45, 2.75) is 43.7 Å². The molecule has 2 heterocycles. The van der Waals surface area contributed by atoms with Gasteiger partial charge < -0.3 is 21.1 Å². The molecule has 2 aromatic heterocycles. The number of nitrogens with one attached hydrogen (secondary N) is 2. The number of hydrogen-bond acceptors (Lipinski definition) is 4. The van der Waals surface area contributed by atoms with E-state index in [1.165, 1.54) is 5.57 Å². The maximum absolute atomic E-state index is 10.7. The summed E-state index contributed by atoms with van der Waals surface area (Å²) in [6.07, 6.45) is 8.89. The zero-order chi connectivity index (χ0) is 16.0. The molecule has 7 heteroatoms. The minimum Gasteiger partial charge on any atom is -0.465 e. The zero-order valence-corrected chi connectivity index (χ0v) is 12.7. The molecule has 1 saturated carbocycles. The molecule has 2 aliphatic carbocycles. The number of H-pyrrole nitrogens is 1. The van der Waals surface area contributed by atoms with Crippen LogP contribution in [-0.4, -0.2) is 32.2 Å². The Morgan fingerprint density at radius 3 is 2.91 bits per heavy atom. The molecule has 0 saturated heterocycles. The van der Waals surface area contributed by atoms with Gasteiger partial charge in [-0.25, -0.2) is 14.8 Å². The van der Waals surface area contributed by atoms with E-state index in [0.717, 1.165) is 48.0 Å². The third-order valence-electron chi connectivity index (χ3n) is 4.81. The molecule has 2 aliphatic rings. The van der Waals surface area contributed by atoms with Crippen LogP contribution in [0.2, 0.25) is 0 Å². The number of carbonyl (C=O) groups is 1. The summed E-state index contributed by atoms with van der Waals surface area (Å²) in [6.45, 7) is 0. The number of amides is 1. The van der Waals surface area contributed by atoms with Gasteiger partial charge in [0.05, 0.1) is 11.2 Å². The number of carboxylic acid groups (broad SMARTS) is 1. The van der Waals surface area contributed by atoms with Crippen LogP contribution in [0.3, 0.4) is 0 Å². The third kappa shape index (κ3) is 2.46. The molecule has 4 rings (SSSR count). The van der Waals surface area contributed by atoms with E-state index in [1.54, 1.807) is 6.33 Å². The predicted molar refractivity (Wildman–Crippen MR) is 85.8 cm³/mol. The number of aromatic nitrogens is 3. The van der Waals surface area contributed by atoms with Crippen LogP contribution < -0.4 is 11.1 Å². The Morgan fingerprint density at radius 1 is 1.43 bits per heavy atom. The molecule has 0 aromatic carbocycles. The fourth-order valence-corrected chi connectivity index (χ4v) is 3.35. The first kappa shape index (κ1) is 14.2. The minimum atomic E-state index is -0.964. The van der Waals surface area contributed by atoms with Crippen LogP contribution in [0.5, 0.6) is 0 Å². The second-order valence-electron chi connectivity index (χ2n) is 6.45. The largest absolute Gasteiger partial charge is 0.465 e. The average molecular weight is 313 g/mol. The molecular formula is C16H19N5O2. The lowest BCUT2D eigenvalue weighted by Gasteiger charge is -2.22. The molecule has 1 amide bonds. The molecule has 120 valence electrons. The summed E-state index contributed by atoms with van der Waals surface area (Å²) < 4.78 is 0. The maximum atomic E-state index is 10.7. The number of hydrogen-bond donors (Lipinski definition) is 4. The van der Waals surface area contributed by atoms with Crippen LogP contribution in [-0.2, 0) is 5.54 Å². The molecule has 1 atom stereocenters. The van der Waals surface area contributed by atoms with E-state index in [-0.39, 0.29) is 11.6 Å². The fourth-order valence-electron chi connectivity index (χ4n) is 3.35. The lowest BCUT2D eigenvalue weighted by atomic mass is 9.90. The van der Waals surface area contributed by atoms with Crippen LogP contribution in [0.1, 0.15) is 43.4 Å². The Kier molecular flexibility index (Phi) is 3.12. The Balaban J connectivity index is 1.70. The SMILES string of the molecule is NC1(c2ncnc3[nH]cc(C4=CCC(NC(=O)O)CC4)c23)CC1. The molecule has 23 heavy (non-hydrogen) atoms. The molecule has 7 nitrogen and oxygen atoms in total. The summed E-state index contributed by atoms with van der Waals surface area (Å²) in [5.74, 6) is 0. The molecule has 5 N–H and O–H groups in total. The van der Waals surface area contributed by atoms with Crippen molar-refractivity contribution in [3.8, 4) is 0 Å². The second-order valence-corrected chi connectivity index (χ2v) is 6.45. The van der Waals surface area contributed by atoms with Gasteiger partial charge in [0.1, 0.15) is 12.0 Å². The summed E-state index contributed by atoms with van der Waals surface area (Å²) >= 11 is 0. The van der Waals surface area contributed by atoms with Gasteiger partial charge in [0.15, 0.2) is 0 Å².